The van der Waals surface area contributed by atoms with Crippen molar-refractivity contribution in [2.75, 3.05) is 0 Å². The molecule has 102 valence electrons. The van der Waals surface area contributed by atoms with Gasteiger partial charge in [-0.25, -0.2) is 9.67 Å². The molecule has 2 aromatic heterocycles. The van der Waals surface area contributed by atoms with Gasteiger partial charge in [-0.1, -0.05) is 11.6 Å². The number of aryl methyl sites for hydroxylation is 3. The average molecular weight is 287 g/mol. The number of nitrogens with zero attached hydrogens (tertiary/aromatic N) is 4. The predicted octanol–water partition coefficient (Wildman–Crippen LogP) is 3.29. The highest BCUT2D eigenvalue weighted by Gasteiger charge is 2.22. The van der Waals surface area contributed by atoms with Crippen molar-refractivity contribution in [2.45, 2.75) is 39.5 Å². The van der Waals surface area contributed by atoms with Crippen molar-refractivity contribution in [3.8, 4) is 11.9 Å². The standard InChI is InChI=1S/C15H15ClN4/c1-9-7-12(16)10(2)18-15(9)20-14(8-17)11-5-3-4-6-13(11)19-20/h7H,3-6H2,1-2H3. The van der Waals surface area contributed by atoms with Crippen LogP contribution in [-0.2, 0) is 12.8 Å². The van der Waals surface area contributed by atoms with Gasteiger partial charge in [0.05, 0.1) is 16.4 Å². The molecule has 0 amide bonds. The molecule has 20 heavy (non-hydrogen) atoms. The van der Waals surface area contributed by atoms with Crippen LogP contribution >= 0.6 is 11.6 Å². The van der Waals surface area contributed by atoms with Crippen molar-refractivity contribution in [1.29, 1.82) is 5.26 Å². The SMILES string of the molecule is Cc1cc(Cl)c(C)nc1-n1nc2c(c1C#N)CCCC2. The van der Waals surface area contributed by atoms with Gasteiger partial charge in [0.1, 0.15) is 11.8 Å². The summed E-state index contributed by atoms with van der Waals surface area (Å²) in [6, 6.07) is 4.17. The van der Waals surface area contributed by atoms with Gasteiger partial charge in [0, 0.05) is 5.56 Å². The molecular weight excluding hydrogens is 272 g/mol. The molecule has 1 aliphatic rings. The fourth-order valence-electron chi connectivity index (χ4n) is 2.70. The Bertz CT molecular complexity index is 724. The maximum atomic E-state index is 9.47. The number of rotatable bonds is 1. The van der Waals surface area contributed by atoms with Gasteiger partial charge in [-0.05, 0) is 51.2 Å². The summed E-state index contributed by atoms with van der Waals surface area (Å²) in [7, 11) is 0. The van der Waals surface area contributed by atoms with Crippen molar-refractivity contribution in [1.82, 2.24) is 14.8 Å². The van der Waals surface area contributed by atoms with Crippen LogP contribution < -0.4 is 0 Å². The van der Waals surface area contributed by atoms with Gasteiger partial charge >= 0.3 is 0 Å². The topological polar surface area (TPSA) is 54.5 Å². The number of fused-ring (bicyclic) bond motifs is 1. The zero-order valence-electron chi connectivity index (χ0n) is 11.6. The molecule has 2 heterocycles. The Kier molecular flexibility index (Phi) is 3.23. The van der Waals surface area contributed by atoms with Crippen LogP contribution in [0.4, 0.5) is 0 Å². The van der Waals surface area contributed by atoms with E-state index in [1.54, 1.807) is 4.68 Å². The smallest absolute Gasteiger partial charge is 0.158 e. The molecule has 0 saturated carbocycles. The van der Waals surface area contributed by atoms with Gasteiger partial charge in [-0.2, -0.15) is 10.4 Å². The first-order valence-corrected chi connectivity index (χ1v) is 7.14. The fraction of sp³-hybridized carbons (Fsp3) is 0.400. The minimum Gasteiger partial charge on any atom is -0.232 e. The van der Waals surface area contributed by atoms with Gasteiger partial charge < -0.3 is 0 Å². The maximum Gasteiger partial charge on any atom is 0.158 e. The molecule has 0 fully saturated rings. The molecule has 0 aromatic carbocycles. The Labute approximate surface area is 123 Å². The molecule has 0 spiro atoms. The van der Waals surface area contributed by atoms with Crippen molar-refractivity contribution >= 4 is 11.6 Å². The molecule has 0 saturated heterocycles. The van der Waals surface area contributed by atoms with Crippen molar-refractivity contribution in [2.24, 2.45) is 0 Å². The van der Waals surface area contributed by atoms with Gasteiger partial charge in [-0.3, -0.25) is 0 Å². The Morgan fingerprint density at radius 2 is 2.05 bits per heavy atom. The number of hydrogen-bond acceptors (Lipinski definition) is 3. The Morgan fingerprint density at radius 3 is 2.80 bits per heavy atom. The Hall–Kier alpha value is -1.86. The van der Waals surface area contributed by atoms with Crippen LogP contribution in [0.15, 0.2) is 6.07 Å². The van der Waals surface area contributed by atoms with E-state index >= 15 is 0 Å². The molecule has 0 unspecified atom stereocenters. The molecule has 2 aromatic rings. The fourth-order valence-corrected chi connectivity index (χ4v) is 2.90. The number of hydrogen-bond donors (Lipinski definition) is 0. The summed E-state index contributed by atoms with van der Waals surface area (Å²) in [5.74, 6) is 0.706. The van der Waals surface area contributed by atoms with Crippen LogP contribution in [-0.4, -0.2) is 14.8 Å². The minimum absolute atomic E-state index is 0.622. The van der Waals surface area contributed by atoms with Crippen LogP contribution in [0.1, 0.15) is 41.1 Å². The van der Waals surface area contributed by atoms with E-state index in [0.717, 1.165) is 48.2 Å². The molecule has 0 radical (unpaired) electrons. The zero-order chi connectivity index (χ0) is 14.3. The van der Waals surface area contributed by atoms with Crippen LogP contribution in [0.5, 0.6) is 0 Å². The quantitative estimate of drug-likeness (QED) is 0.808. The highest BCUT2D eigenvalue weighted by Crippen LogP contribution is 2.27. The van der Waals surface area contributed by atoms with Crippen LogP contribution in [0.3, 0.4) is 0 Å². The van der Waals surface area contributed by atoms with Crippen molar-refractivity contribution < 1.29 is 0 Å². The predicted molar refractivity (Wildman–Crippen MR) is 77.2 cm³/mol. The third kappa shape index (κ3) is 1.99. The highest BCUT2D eigenvalue weighted by molar-refractivity contribution is 6.31. The van der Waals surface area contributed by atoms with Crippen LogP contribution in [0, 0.1) is 25.2 Å². The van der Waals surface area contributed by atoms with E-state index in [9.17, 15) is 5.26 Å². The van der Waals surface area contributed by atoms with Crippen molar-refractivity contribution in [3.05, 3.63) is 39.3 Å². The molecule has 1 aliphatic carbocycles. The first-order chi connectivity index (χ1) is 9.61. The van der Waals surface area contributed by atoms with Gasteiger partial charge in [0.25, 0.3) is 0 Å². The highest BCUT2D eigenvalue weighted by atomic mass is 35.5. The molecule has 3 rings (SSSR count). The average Bonchev–Trinajstić information content (AvgIpc) is 2.81. The molecule has 0 N–H and O–H groups in total. The van der Waals surface area contributed by atoms with Gasteiger partial charge in [-0.15, -0.1) is 0 Å². The van der Waals surface area contributed by atoms with E-state index in [2.05, 4.69) is 16.2 Å². The summed E-state index contributed by atoms with van der Waals surface area (Å²) in [6.45, 7) is 3.80. The third-order valence-corrected chi connectivity index (χ3v) is 4.16. The van der Waals surface area contributed by atoms with E-state index in [1.807, 2.05) is 19.9 Å². The number of aromatic nitrogens is 3. The summed E-state index contributed by atoms with van der Waals surface area (Å²) < 4.78 is 1.69. The number of halogens is 1. The van der Waals surface area contributed by atoms with Crippen LogP contribution in [0.25, 0.3) is 5.82 Å². The second-order valence-corrected chi connectivity index (χ2v) is 5.61. The van der Waals surface area contributed by atoms with E-state index < -0.39 is 0 Å². The maximum absolute atomic E-state index is 9.47. The molecule has 0 atom stereocenters. The van der Waals surface area contributed by atoms with Gasteiger partial charge in [0.15, 0.2) is 5.82 Å². The summed E-state index contributed by atoms with van der Waals surface area (Å²) in [5.41, 5.74) is 4.44. The third-order valence-electron chi connectivity index (χ3n) is 3.78. The minimum atomic E-state index is 0.622. The zero-order valence-corrected chi connectivity index (χ0v) is 12.3. The van der Waals surface area contributed by atoms with E-state index in [-0.39, 0.29) is 0 Å². The molecule has 5 heteroatoms. The Morgan fingerprint density at radius 1 is 1.30 bits per heavy atom. The summed E-state index contributed by atoms with van der Waals surface area (Å²) >= 11 is 6.09. The monoisotopic (exact) mass is 286 g/mol. The second-order valence-electron chi connectivity index (χ2n) is 5.20. The number of nitriles is 1. The lowest BCUT2D eigenvalue weighted by atomic mass is 9.96. The van der Waals surface area contributed by atoms with E-state index in [1.165, 1.54) is 0 Å². The van der Waals surface area contributed by atoms with Crippen molar-refractivity contribution in [3.63, 3.8) is 0 Å². The van der Waals surface area contributed by atoms with Crippen LogP contribution in [0.2, 0.25) is 5.02 Å². The molecule has 4 nitrogen and oxygen atoms in total. The summed E-state index contributed by atoms with van der Waals surface area (Å²) in [4.78, 5) is 4.51. The number of pyridine rings is 1. The van der Waals surface area contributed by atoms with Gasteiger partial charge in [0.2, 0.25) is 0 Å². The largest absolute Gasteiger partial charge is 0.232 e. The molecular formula is C15H15ClN4. The summed E-state index contributed by atoms with van der Waals surface area (Å²) in [6.07, 6.45) is 4.15. The first-order valence-electron chi connectivity index (χ1n) is 6.77. The summed E-state index contributed by atoms with van der Waals surface area (Å²) in [5, 5.41) is 14.7. The normalized spacial score (nSPS) is 13.9. The lowest BCUT2D eigenvalue weighted by molar-refractivity contribution is 0.670. The lowest BCUT2D eigenvalue weighted by Crippen LogP contribution is -2.06. The van der Waals surface area contributed by atoms with E-state index in [4.69, 9.17) is 11.6 Å². The molecule has 0 aliphatic heterocycles. The van der Waals surface area contributed by atoms with E-state index in [0.29, 0.717) is 16.5 Å². The lowest BCUT2D eigenvalue weighted by Gasteiger charge is -2.09. The Balaban J connectivity index is 2.23. The second kappa shape index (κ2) is 4.92. The molecule has 0 bridgehead atoms. The first kappa shape index (κ1) is 13.1.